The molecule has 2 aliphatic rings. The van der Waals surface area contributed by atoms with Gasteiger partial charge in [0.1, 0.15) is 11.2 Å². The van der Waals surface area contributed by atoms with Crippen LogP contribution in [0.25, 0.3) is 11.3 Å². The van der Waals surface area contributed by atoms with Crippen LogP contribution in [-0.4, -0.2) is 58.3 Å². The predicted molar refractivity (Wildman–Crippen MR) is 133 cm³/mol. The maximum Gasteiger partial charge on any atom is 0.273 e. The van der Waals surface area contributed by atoms with Crippen molar-refractivity contribution in [1.29, 1.82) is 0 Å². The van der Waals surface area contributed by atoms with Gasteiger partial charge in [-0.1, -0.05) is 63.3 Å². The van der Waals surface area contributed by atoms with Crippen molar-refractivity contribution in [3.8, 4) is 11.3 Å². The first-order valence-corrected chi connectivity index (χ1v) is 12.8. The highest BCUT2D eigenvalue weighted by molar-refractivity contribution is 6.00. The molecule has 4 rings (SSSR count). The molecule has 0 spiro atoms. The van der Waals surface area contributed by atoms with Gasteiger partial charge in [0.05, 0.1) is 18.8 Å². The zero-order chi connectivity index (χ0) is 24.1. The molecule has 1 fully saturated rings. The molecule has 0 radical (unpaired) electrons. The summed E-state index contributed by atoms with van der Waals surface area (Å²) in [5.41, 5.74) is 2.47. The molecular weight excluding hydrogens is 428 g/mol. The van der Waals surface area contributed by atoms with Crippen LogP contribution in [0.15, 0.2) is 30.3 Å². The quantitative estimate of drug-likeness (QED) is 0.663. The number of benzene rings is 1. The normalized spacial score (nSPS) is 21.6. The third-order valence-corrected chi connectivity index (χ3v) is 7.40. The monoisotopic (exact) mass is 466 g/mol. The maximum absolute atomic E-state index is 13.7. The van der Waals surface area contributed by atoms with Crippen molar-refractivity contribution in [2.75, 3.05) is 20.3 Å². The van der Waals surface area contributed by atoms with E-state index in [4.69, 9.17) is 9.84 Å². The lowest BCUT2D eigenvalue weighted by molar-refractivity contribution is -0.134. The number of carbonyl (C=O) groups is 2. The first-order valence-electron chi connectivity index (χ1n) is 12.8. The van der Waals surface area contributed by atoms with Gasteiger partial charge in [-0.15, -0.1) is 0 Å². The summed E-state index contributed by atoms with van der Waals surface area (Å²) in [6.07, 6.45) is 8.97. The standard InChI is InChI=1S/C27H38N4O3/c1-4-20-12-14-21(15-13-20)23-18-24-25(32)30(16-17-34-3)27(2,19-31(24)29-23)26(33)28-22-10-8-6-5-7-9-11-22/h12-15,18,22H,4-11,16-17,19H2,1-3H3,(H,28,33). The van der Waals surface area contributed by atoms with Crippen LogP contribution in [0.5, 0.6) is 0 Å². The van der Waals surface area contributed by atoms with Crippen molar-refractivity contribution in [3.05, 3.63) is 41.6 Å². The highest BCUT2D eigenvalue weighted by Gasteiger charge is 2.48. The largest absolute Gasteiger partial charge is 0.383 e. The Labute approximate surface area is 202 Å². The minimum absolute atomic E-state index is 0.0995. The van der Waals surface area contributed by atoms with E-state index in [1.165, 1.54) is 24.8 Å². The van der Waals surface area contributed by atoms with Gasteiger partial charge < -0.3 is 15.0 Å². The average molecular weight is 467 g/mol. The molecule has 1 aromatic heterocycles. The summed E-state index contributed by atoms with van der Waals surface area (Å²) in [5.74, 6) is -0.278. The van der Waals surface area contributed by atoms with Crippen molar-refractivity contribution >= 4 is 11.8 Å². The number of nitrogens with one attached hydrogen (secondary N) is 1. The smallest absolute Gasteiger partial charge is 0.273 e. The molecule has 1 N–H and O–H groups in total. The van der Waals surface area contributed by atoms with Gasteiger partial charge in [0.25, 0.3) is 5.91 Å². The van der Waals surface area contributed by atoms with Gasteiger partial charge in [0.2, 0.25) is 5.91 Å². The Bertz CT molecular complexity index is 992. The van der Waals surface area contributed by atoms with Gasteiger partial charge in [0, 0.05) is 25.3 Å². The minimum atomic E-state index is -1.03. The van der Waals surface area contributed by atoms with E-state index >= 15 is 0 Å². The fraction of sp³-hybridized carbons (Fsp3) is 0.593. The molecule has 34 heavy (non-hydrogen) atoms. The molecule has 0 bridgehead atoms. The van der Waals surface area contributed by atoms with E-state index < -0.39 is 5.54 Å². The van der Waals surface area contributed by atoms with Crippen molar-refractivity contribution in [2.24, 2.45) is 0 Å². The number of rotatable bonds is 7. The molecule has 1 unspecified atom stereocenters. The molecule has 1 aliphatic heterocycles. The third-order valence-electron chi connectivity index (χ3n) is 7.40. The molecule has 2 amide bonds. The Morgan fingerprint density at radius 3 is 2.47 bits per heavy atom. The number of carbonyl (C=O) groups excluding carboxylic acids is 2. The fourth-order valence-corrected chi connectivity index (χ4v) is 5.17. The van der Waals surface area contributed by atoms with E-state index in [1.54, 1.807) is 16.7 Å². The molecule has 1 aromatic carbocycles. The number of amides is 2. The number of hydrogen-bond donors (Lipinski definition) is 1. The first kappa shape index (κ1) is 24.5. The Morgan fingerprint density at radius 2 is 1.82 bits per heavy atom. The lowest BCUT2D eigenvalue weighted by atomic mass is 9.92. The van der Waals surface area contributed by atoms with Crippen molar-refractivity contribution in [1.82, 2.24) is 20.0 Å². The van der Waals surface area contributed by atoms with E-state index in [9.17, 15) is 9.59 Å². The molecule has 7 nitrogen and oxygen atoms in total. The topological polar surface area (TPSA) is 76.5 Å². The number of fused-ring (bicyclic) bond motifs is 1. The Morgan fingerprint density at radius 1 is 1.15 bits per heavy atom. The number of methoxy groups -OCH3 is 1. The average Bonchev–Trinajstić information content (AvgIpc) is 3.24. The third kappa shape index (κ3) is 5.04. The first-order chi connectivity index (χ1) is 16.5. The van der Waals surface area contributed by atoms with Crippen LogP contribution in [0, 0.1) is 0 Å². The van der Waals surface area contributed by atoms with Crippen LogP contribution in [0.2, 0.25) is 0 Å². The van der Waals surface area contributed by atoms with E-state index in [2.05, 4.69) is 24.4 Å². The molecular formula is C27H38N4O3. The number of aryl methyl sites for hydroxylation is 1. The number of nitrogens with zero attached hydrogens (tertiary/aromatic N) is 3. The molecule has 1 aliphatic carbocycles. The summed E-state index contributed by atoms with van der Waals surface area (Å²) in [5, 5.41) is 8.04. The molecule has 2 aromatic rings. The molecule has 184 valence electrons. The summed E-state index contributed by atoms with van der Waals surface area (Å²) in [4.78, 5) is 29.0. The number of aromatic nitrogens is 2. The van der Waals surface area contributed by atoms with Gasteiger partial charge in [-0.05, 0) is 37.8 Å². The zero-order valence-electron chi connectivity index (χ0n) is 20.8. The maximum atomic E-state index is 13.7. The van der Waals surface area contributed by atoms with E-state index in [0.29, 0.717) is 25.4 Å². The SMILES string of the molecule is CCc1ccc(-c2cc3n(n2)CC(C)(C(=O)NC2CCCCCCC2)N(CCOC)C3=O)cc1. The highest BCUT2D eigenvalue weighted by atomic mass is 16.5. The predicted octanol–water partition coefficient (Wildman–Crippen LogP) is 4.20. The van der Waals surface area contributed by atoms with Crippen LogP contribution < -0.4 is 5.32 Å². The fourth-order valence-electron chi connectivity index (χ4n) is 5.17. The van der Waals surface area contributed by atoms with Crippen LogP contribution in [0.4, 0.5) is 0 Å². The lowest BCUT2D eigenvalue weighted by Gasteiger charge is -2.43. The summed E-state index contributed by atoms with van der Waals surface area (Å²) in [6, 6.07) is 10.3. The van der Waals surface area contributed by atoms with Gasteiger partial charge in [-0.2, -0.15) is 5.10 Å². The number of hydrogen-bond acceptors (Lipinski definition) is 4. The second kappa shape index (κ2) is 10.7. The molecule has 0 saturated heterocycles. The summed E-state index contributed by atoms with van der Waals surface area (Å²) in [7, 11) is 1.61. The van der Waals surface area contributed by atoms with Crippen LogP contribution in [-0.2, 0) is 22.5 Å². The Kier molecular flexibility index (Phi) is 7.71. The lowest BCUT2D eigenvalue weighted by Crippen LogP contribution is -2.65. The van der Waals surface area contributed by atoms with Crippen LogP contribution >= 0.6 is 0 Å². The van der Waals surface area contributed by atoms with Crippen molar-refractivity contribution < 1.29 is 14.3 Å². The van der Waals surface area contributed by atoms with Gasteiger partial charge in [-0.25, -0.2) is 0 Å². The molecule has 7 heteroatoms. The van der Waals surface area contributed by atoms with Gasteiger partial charge in [0.15, 0.2) is 0 Å². The minimum Gasteiger partial charge on any atom is -0.383 e. The van der Waals surface area contributed by atoms with E-state index in [-0.39, 0.29) is 17.9 Å². The Hall–Kier alpha value is -2.67. The van der Waals surface area contributed by atoms with Crippen molar-refractivity contribution in [3.63, 3.8) is 0 Å². The van der Waals surface area contributed by atoms with Gasteiger partial charge >= 0.3 is 0 Å². The summed E-state index contributed by atoms with van der Waals surface area (Å²) < 4.78 is 7.00. The second-order valence-electron chi connectivity index (χ2n) is 9.86. The van der Waals surface area contributed by atoms with Crippen LogP contribution in [0.3, 0.4) is 0 Å². The molecule has 1 atom stereocenters. The molecule has 1 saturated carbocycles. The summed E-state index contributed by atoms with van der Waals surface area (Å²) in [6.45, 7) is 5.04. The highest BCUT2D eigenvalue weighted by Crippen LogP contribution is 2.30. The van der Waals surface area contributed by atoms with Gasteiger partial charge in [-0.3, -0.25) is 14.3 Å². The van der Waals surface area contributed by atoms with E-state index in [0.717, 1.165) is 43.4 Å². The molecule has 2 heterocycles. The van der Waals surface area contributed by atoms with E-state index in [1.807, 2.05) is 25.1 Å². The summed E-state index contributed by atoms with van der Waals surface area (Å²) >= 11 is 0. The second-order valence-corrected chi connectivity index (χ2v) is 9.86. The van der Waals surface area contributed by atoms with Crippen LogP contribution in [0.1, 0.15) is 74.8 Å². The Balaban J connectivity index is 1.61. The zero-order valence-corrected chi connectivity index (χ0v) is 20.8. The van der Waals surface area contributed by atoms with Crippen molar-refractivity contribution in [2.45, 2.75) is 83.3 Å². The number of ether oxygens (including phenoxy) is 1.